The van der Waals surface area contributed by atoms with Crippen molar-refractivity contribution in [1.82, 2.24) is 5.32 Å². The Morgan fingerprint density at radius 2 is 1.88 bits per heavy atom. The molecule has 9 aliphatic rings. The van der Waals surface area contributed by atoms with Crippen LogP contribution in [0.5, 0.6) is 0 Å². The van der Waals surface area contributed by atoms with Gasteiger partial charge in [-0.3, -0.25) is 0 Å². The molecular formula is C30H45NO2. The van der Waals surface area contributed by atoms with Crippen molar-refractivity contribution < 1.29 is 10.2 Å². The van der Waals surface area contributed by atoms with Gasteiger partial charge in [0.05, 0.1) is 11.7 Å². The van der Waals surface area contributed by atoms with E-state index in [2.05, 4.69) is 50.5 Å². The fourth-order valence-electron chi connectivity index (χ4n) is 12.2. The van der Waals surface area contributed by atoms with Gasteiger partial charge in [-0.1, -0.05) is 63.8 Å². The van der Waals surface area contributed by atoms with Crippen molar-refractivity contribution in [2.24, 2.45) is 51.2 Å². The van der Waals surface area contributed by atoms with E-state index in [-0.39, 0.29) is 33.7 Å². The molecule has 0 amide bonds. The Hall–Kier alpha value is -0.640. The number of nitrogens with one attached hydrogen (secondary N) is 1. The standard InChI is InChI=1S/C30H45NO2/c1-4-5-6-7-19-12-23-24(31-3)21-10-11-30-25(32)22-9-8-20-13-26(22,2)17-29(33,15-20)28(30,16-21)18-27(23,30)14-19/h8-11,19-25,31-33H,4-7,12-18H2,1-3H3. The van der Waals surface area contributed by atoms with Gasteiger partial charge in [0.2, 0.25) is 0 Å². The third-order valence-electron chi connectivity index (χ3n) is 12.9. The lowest BCUT2D eigenvalue weighted by Gasteiger charge is -2.76. The molecule has 0 aromatic heterocycles. The predicted molar refractivity (Wildman–Crippen MR) is 131 cm³/mol. The second-order valence-corrected chi connectivity index (χ2v) is 14.1. The van der Waals surface area contributed by atoms with Gasteiger partial charge in [0, 0.05) is 22.8 Å². The van der Waals surface area contributed by atoms with E-state index in [0.29, 0.717) is 23.8 Å². The molecule has 3 heteroatoms. The smallest absolute Gasteiger partial charge is 0.0724 e. The molecule has 0 aliphatic heterocycles. The Kier molecular flexibility index (Phi) is 4.30. The maximum atomic E-state index is 12.7. The highest BCUT2D eigenvalue weighted by Gasteiger charge is 2.87. The third kappa shape index (κ3) is 2.22. The second-order valence-electron chi connectivity index (χ2n) is 14.1. The van der Waals surface area contributed by atoms with Crippen LogP contribution in [0.15, 0.2) is 24.3 Å². The summed E-state index contributed by atoms with van der Waals surface area (Å²) in [4.78, 5) is 0. The molecule has 3 N–H and O–H groups in total. The van der Waals surface area contributed by atoms with Crippen molar-refractivity contribution in [2.75, 3.05) is 7.05 Å². The Morgan fingerprint density at radius 1 is 1.03 bits per heavy atom. The molecule has 12 unspecified atom stereocenters. The fraction of sp³-hybridized carbons (Fsp3) is 0.867. The highest BCUT2D eigenvalue weighted by atomic mass is 16.3. The number of unbranched alkanes of at least 4 members (excludes halogenated alkanes) is 2. The van der Waals surface area contributed by atoms with Crippen LogP contribution in [0.1, 0.15) is 84.5 Å². The van der Waals surface area contributed by atoms with Gasteiger partial charge in [0.25, 0.3) is 0 Å². The molecule has 33 heavy (non-hydrogen) atoms. The van der Waals surface area contributed by atoms with E-state index in [1.807, 2.05) is 0 Å². The number of hydrogen-bond acceptors (Lipinski definition) is 3. The lowest BCUT2D eigenvalue weighted by atomic mass is 9.28. The Bertz CT molecular complexity index is 913. The first-order valence-corrected chi connectivity index (χ1v) is 14.2. The lowest BCUT2D eigenvalue weighted by molar-refractivity contribution is -0.317. The minimum atomic E-state index is -0.646. The zero-order chi connectivity index (χ0) is 22.9. The van der Waals surface area contributed by atoms with E-state index >= 15 is 0 Å². The van der Waals surface area contributed by atoms with Crippen molar-refractivity contribution >= 4 is 0 Å². The van der Waals surface area contributed by atoms with Gasteiger partial charge in [-0.15, -0.1) is 0 Å². The van der Waals surface area contributed by atoms with Gasteiger partial charge in [0.1, 0.15) is 0 Å². The van der Waals surface area contributed by atoms with E-state index in [0.717, 1.165) is 38.0 Å². The van der Waals surface area contributed by atoms with Crippen LogP contribution in [0.4, 0.5) is 0 Å². The first-order valence-electron chi connectivity index (χ1n) is 14.2. The molecule has 0 aromatic rings. The fourth-order valence-corrected chi connectivity index (χ4v) is 12.2. The highest BCUT2D eigenvalue weighted by Crippen LogP contribution is 2.88. The first kappa shape index (κ1) is 21.6. The van der Waals surface area contributed by atoms with Crippen molar-refractivity contribution in [3.8, 4) is 0 Å². The first-order chi connectivity index (χ1) is 15.8. The van der Waals surface area contributed by atoms with E-state index < -0.39 is 5.60 Å². The quantitative estimate of drug-likeness (QED) is 0.396. The van der Waals surface area contributed by atoms with E-state index in [4.69, 9.17) is 0 Å². The molecule has 182 valence electrons. The van der Waals surface area contributed by atoms with Gasteiger partial charge in [-0.2, -0.15) is 0 Å². The molecule has 0 radical (unpaired) electrons. The second kappa shape index (κ2) is 6.56. The van der Waals surface area contributed by atoms with Crippen molar-refractivity contribution in [2.45, 2.75) is 102 Å². The van der Waals surface area contributed by atoms with Crippen LogP contribution in [0.25, 0.3) is 0 Å². The van der Waals surface area contributed by atoms with Crippen molar-refractivity contribution in [3.05, 3.63) is 24.3 Å². The largest absolute Gasteiger partial charge is 0.392 e. The molecule has 0 heterocycles. The average molecular weight is 452 g/mol. The van der Waals surface area contributed by atoms with Crippen molar-refractivity contribution in [1.29, 1.82) is 0 Å². The molecule has 0 aromatic carbocycles. The predicted octanol–water partition coefficient (Wildman–Crippen LogP) is 5.23. The summed E-state index contributed by atoms with van der Waals surface area (Å²) in [6.07, 6.45) is 22.5. The number of aliphatic hydroxyl groups is 2. The SMILES string of the molecule is CCCCCC1CC2C(NC)C3C=CC45C(O)C6C=CC7CC6(C)CC(O)(C7)C4(C3)CC25C1. The minimum Gasteiger partial charge on any atom is -0.392 e. The van der Waals surface area contributed by atoms with Crippen LogP contribution in [0.3, 0.4) is 0 Å². The number of rotatable bonds is 5. The van der Waals surface area contributed by atoms with Gasteiger partial charge < -0.3 is 15.5 Å². The molecule has 9 rings (SSSR count). The zero-order valence-electron chi connectivity index (χ0n) is 21.0. The van der Waals surface area contributed by atoms with E-state index in [1.54, 1.807) is 0 Å². The molecular weight excluding hydrogens is 406 g/mol. The summed E-state index contributed by atoms with van der Waals surface area (Å²) >= 11 is 0. The Balaban J connectivity index is 1.41. The Morgan fingerprint density at radius 3 is 2.67 bits per heavy atom. The summed E-state index contributed by atoms with van der Waals surface area (Å²) in [6.45, 7) is 4.70. The molecule has 9 aliphatic carbocycles. The zero-order valence-corrected chi connectivity index (χ0v) is 21.0. The van der Waals surface area contributed by atoms with E-state index in [1.165, 1.54) is 38.5 Å². The van der Waals surface area contributed by atoms with E-state index in [9.17, 15) is 10.2 Å². The highest BCUT2D eigenvalue weighted by molar-refractivity contribution is 5.44. The molecule has 3 spiro atoms. The van der Waals surface area contributed by atoms with Crippen LogP contribution in [-0.2, 0) is 0 Å². The normalized spacial score (nSPS) is 61.3. The minimum absolute atomic E-state index is 0.0221. The summed E-state index contributed by atoms with van der Waals surface area (Å²) in [5.74, 6) is 2.54. The monoisotopic (exact) mass is 451 g/mol. The summed E-state index contributed by atoms with van der Waals surface area (Å²) in [6, 6.07) is 0.488. The summed E-state index contributed by atoms with van der Waals surface area (Å²) in [5.41, 5.74) is -0.885. The lowest BCUT2D eigenvalue weighted by Crippen LogP contribution is -2.77. The van der Waals surface area contributed by atoms with Crippen LogP contribution < -0.4 is 5.32 Å². The molecule has 3 nitrogen and oxygen atoms in total. The third-order valence-corrected chi connectivity index (χ3v) is 12.9. The van der Waals surface area contributed by atoms with Gasteiger partial charge in [0.15, 0.2) is 0 Å². The summed E-state index contributed by atoms with van der Waals surface area (Å²) in [7, 11) is 2.17. The summed E-state index contributed by atoms with van der Waals surface area (Å²) < 4.78 is 0. The van der Waals surface area contributed by atoms with Crippen LogP contribution in [-0.4, -0.2) is 35.0 Å². The number of aliphatic hydroxyl groups excluding tert-OH is 1. The van der Waals surface area contributed by atoms with Crippen molar-refractivity contribution in [3.63, 3.8) is 0 Å². The van der Waals surface area contributed by atoms with Gasteiger partial charge in [-0.05, 0) is 86.5 Å². The average Bonchev–Trinajstić information content (AvgIpc) is 3.00. The molecule has 7 bridgehead atoms. The maximum Gasteiger partial charge on any atom is 0.0724 e. The number of allylic oxidation sites excluding steroid dienone is 1. The number of fused-ring (bicyclic) bond motifs is 2. The van der Waals surface area contributed by atoms with Gasteiger partial charge in [-0.25, -0.2) is 0 Å². The molecule has 0 saturated heterocycles. The van der Waals surface area contributed by atoms with Crippen LogP contribution in [0, 0.1) is 51.2 Å². The topological polar surface area (TPSA) is 52.5 Å². The van der Waals surface area contributed by atoms with Crippen LogP contribution >= 0.6 is 0 Å². The Labute approximate surface area is 200 Å². The summed E-state index contributed by atoms with van der Waals surface area (Å²) in [5, 5.41) is 29.1. The molecule has 12 atom stereocenters. The van der Waals surface area contributed by atoms with Crippen LogP contribution in [0.2, 0.25) is 0 Å². The molecule has 6 fully saturated rings. The number of hydrogen-bond donors (Lipinski definition) is 3. The molecule has 6 saturated carbocycles. The maximum absolute atomic E-state index is 12.7. The van der Waals surface area contributed by atoms with Gasteiger partial charge >= 0.3 is 0 Å².